The summed E-state index contributed by atoms with van der Waals surface area (Å²) in [6.07, 6.45) is 0. The fourth-order valence-corrected chi connectivity index (χ4v) is 3.04. The van der Waals surface area contributed by atoms with Crippen molar-refractivity contribution in [1.29, 1.82) is 0 Å². The maximum Gasteiger partial charge on any atom is 0.338 e. The van der Waals surface area contributed by atoms with E-state index in [-0.39, 0.29) is 12.2 Å². The van der Waals surface area contributed by atoms with Crippen LogP contribution in [0, 0.1) is 13.8 Å². The zero-order valence-corrected chi connectivity index (χ0v) is 13.8. The third kappa shape index (κ3) is 4.01. The summed E-state index contributed by atoms with van der Waals surface area (Å²) < 4.78 is 10.5. The van der Waals surface area contributed by atoms with Crippen LogP contribution in [0.5, 0.6) is 11.5 Å². The van der Waals surface area contributed by atoms with Crippen molar-refractivity contribution in [3.63, 3.8) is 0 Å². The minimum absolute atomic E-state index is 0.127. The van der Waals surface area contributed by atoms with Gasteiger partial charge in [-0.1, -0.05) is 6.07 Å². The molecule has 0 aliphatic rings. The lowest BCUT2D eigenvalue weighted by atomic mass is 10.1. The van der Waals surface area contributed by atoms with E-state index in [0.717, 1.165) is 4.88 Å². The molecule has 1 aromatic heterocycles. The number of carboxylic acids is 1. The van der Waals surface area contributed by atoms with Crippen molar-refractivity contribution in [2.75, 3.05) is 19.0 Å². The van der Waals surface area contributed by atoms with Gasteiger partial charge in [0.15, 0.2) is 6.61 Å². The van der Waals surface area contributed by atoms with Crippen LogP contribution in [0.1, 0.15) is 20.8 Å². The molecule has 2 rings (SSSR count). The fraction of sp³-hybridized carbons (Fsp3) is 0.250. The van der Waals surface area contributed by atoms with Gasteiger partial charge in [-0.15, -0.1) is 11.3 Å². The highest BCUT2D eigenvalue weighted by atomic mass is 32.1. The molecule has 0 saturated heterocycles. The summed E-state index contributed by atoms with van der Waals surface area (Å²) in [6, 6.07) is 6.89. The molecule has 0 saturated carbocycles. The summed E-state index contributed by atoms with van der Waals surface area (Å²) in [5.41, 5.74) is 0.786. The van der Waals surface area contributed by atoms with Crippen LogP contribution < -0.4 is 14.8 Å². The van der Waals surface area contributed by atoms with Crippen molar-refractivity contribution < 1.29 is 24.2 Å². The largest absolute Gasteiger partial charge is 0.497 e. The molecule has 0 radical (unpaired) electrons. The molecule has 0 spiro atoms. The van der Waals surface area contributed by atoms with Gasteiger partial charge in [-0.2, -0.15) is 0 Å². The van der Waals surface area contributed by atoms with E-state index in [4.69, 9.17) is 9.47 Å². The lowest BCUT2D eigenvalue weighted by Crippen LogP contribution is -2.20. The molecular formula is C16H17NO5S. The van der Waals surface area contributed by atoms with Gasteiger partial charge in [0.05, 0.1) is 12.7 Å². The number of nitrogens with one attached hydrogen (secondary N) is 1. The van der Waals surface area contributed by atoms with E-state index in [1.54, 1.807) is 38.3 Å². The second kappa shape index (κ2) is 7.15. The molecule has 1 aromatic carbocycles. The molecule has 2 aromatic rings. The Hall–Kier alpha value is -2.54. The molecule has 0 unspecified atom stereocenters. The molecule has 1 amide bonds. The van der Waals surface area contributed by atoms with Gasteiger partial charge in [0.25, 0.3) is 5.91 Å². The summed E-state index contributed by atoms with van der Waals surface area (Å²) in [5, 5.41) is 12.2. The van der Waals surface area contributed by atoms with Gasteiger partial charge in [0.2, 0.25) is 0 Å². The molecule has 0 fully saturated rings. The lowest BCUT2D eigenvalue weighted by Gasteiger charge is -2.08. The number of thiophene rings is 1. The van der Waals surface area contributed by atoms with E-state index in [2.05, 4.69) is 5.32 Å². The van der Waals surface area contributed by atoms with Gasteiger partial charge in [-0.25, -0.2) is 4.79 Å². The van der Waals surface area contributed by atoms with Gasteiger partial charge in [-0.3, -0.25) is 4.79 Å². The summed E-state index contributed by atoms with van der Waals surface area (Å²) in [6.45, 7) is 3.31. The lowest BCUT2D eigenvalue weighted by molar-refractivity contribution is -0.118. The van der Waals surface area contributed by atoms with Crippen LogP contribution in [0.4, 0.5) is 5.00 Å². The van der Waals surface area contributed by atoms with E-state index >= 15 is 0 Å². The van der Waals surface area contributed by atoms with Crippen molar-refractivity contribution in [2.45, 2.75) is 13.8 Å². The molecule has 122 valence electrons. The number of carbonyl (C=O) groups is 2. The van der Waals surface area contributed by atoms with Crippen molar-refractivity contribution in [2.24, 2.45) is 0 Å². The number of aromatic carboxylic acids is 1. The highest BCUT2D eigenvalue weighted by Crippen LogP contribution is 2.32. The molecule has 0 aliphatic carbocycles. The van der Waals surface area contributed by atoms with Crippen molar-refractivity contribution >= 4 is 28.2 Å². The number of carbonyl (C=O) groups excluding carboxylic acids is 1. The van der Waals surface area contributed by atoms with Crippen LogP contribution in [0.15, 0.2) is 24.3 Å². The Morgan fingerprint density at radius 1 is 1.26 bits per heavy atom. The first kappa shape index (κ1) is 16.8. The quantitative estimate of drug-likeness (QED) is 0.847. The number of aryl methyl sites for hydroxylation is 1. The maximum absolute atomic E-state index is 12.0. The summed E-state index contributed by atoms with van der Waals surface area (Å²) in [5.74, 6) is -0.357. The van der Waals surface area contributed by atoms with Gasteiger partial charge >= 0.3 is 5.97 Å². The highest BCUT2D eigenvalue weighted by molar-refractivity contribution is 7.16. The zero-order chi connectivity index (χ0) is 17.0. The van der Waals surface area contributed by atoms with E-state index in [1.165, 1.54) is 11.3 Å². The standard InChI is InChI=1S/C16H17NO5S/c1-9-10(2)23-15(14(9)16(19)20)17-13(18)8-22-12-6-4-5-11(7-12)21-3/h4-7H,8H2,1-3H3,(H,17,18)(H,19,20). The summed E-state index contributed by atoms with van der Waals surface area (Å²) in [4.78, 5) is 24.1. The molecule has 6 nitrogen and oxygen atoms in total. The third-order valence-corrected chi connectivity index (χ3v) is 4.39. The zero-order valence-electron chi connectivity index (χ0n) is 13.0. The first-order valence-corrected chi connectivity index (χ1v) is 7.64. The van der Waals surface area contributed by atoms with Gasteiger partial charge in [0.1, 0.15) is 16.5 Å². The van der Waals surface area contributed by atoms with Gasteiger partial charge in [-0.05, 0) is 31.5 Å². The Labute approximate surface area is 137 Å². The van der Waals surface area contributed by atoms with Gasteiger partial charge < -0.3 is 19.9 Å². The second-order valence-corrected chi connectivity index (χ2v) is 6.03. The smallest absolute Gasteiger partial charge is 0.338 e. The van der Waals surface area contributed by atoms with Crippen molar-refractivity contribution in [1.82, 2.24) is 0 Å². The SMILES string of the molecule is COc1cccc(OCC(=O)Nc2sc(C)c(C)c2C(=O)O)c1. The fourth-order valence-electron chi connectivity index (χ4n) is 1.98. The van der Waals surface area contributed by atoms with Crippen molar-refractivity contribution in [3.05, 3.63) is 40.3 Å². The number of amides is 1. The Balaban J connectivity index is 2.03. The Bertz CT molecular complexity index is 738. The first-order chi connectivity index (χ1) is 10.9. The number of hydrogen-bond acceptors (Lipinski definition) is 5. The molecule has 0 bridgehead atoms. The number of benzene rings is 1. The predicted molar refractivity (Wildman–Crippen MR) is 87.9 cm³/mol. The second-order valence-electron chi connectivity index (χ2n) is 4.81. The number of ether oxygens (including phenoxy) is 2. The topological polar surface area (TPSA) is 84.9 Å². The molecular weight excluding hydrogens is 318 g/mol. The number of methoxy groups -OCH3 is 1. The minimum atomic E-state index is -1.06. The number of hydrogen-bond donors (Lipinski definition) is 2. The Morgan fingerprint density at radius 2 is 1.96 bits per heavy atom. The van der Waals surface area contributed by atoms with Crippen LogP contribution in [-0.4, -0.2) is 30.7 Å². The molecule has 7 heteroatoms. The van der Waals surface area contributed by atoms with Crippen LogP contribution in [-0.2, 0) is 4.79 Å². The average molecular weight is 335 g/mol. The monoisotopic (exact) mass is 335 g/mol. The average Bonchev–Trinajstić information content (AvgIpc) is 2.79. The van der Waals surface area contributed by atoms with E-state index < -0.39 is 11.9 Å². The number of carboxylic acid groups (broad SMARTS) is 1. The first-order valence-electron chi connectivity index (χ1n) is 6.82. The van der Waals surface area contributed by atoms with E-state index in [0.29, 0.717) is 22.1 Å². The van der Waals surface area contributed by atoms with E-state index in [1.807, 2.05) is 6.92 Å². The molecule has 0 aliphatic heterocycles. The van der Waals surface area contributed by atoms with Crippen LogP contribution >= 0.6 is 11.3 Å². The normalized spacial score (nSPS) is 10.2. The highest BCUT2D eigenvalue weighted by Gasteiger charge is 2.20. The predicted octanol–water partition coefficient (Wildman–Crippen LogP) is 3.09. The molecule has 2 N–H and O–H groups in total. The van der Waals surface area contributed by atoms with E-state index in [9.17, 15) is 14.7 Å². The van der Waals surface area contributed by atoms with Crippen LogP contribution in [0.3, 0.4) is 0 Å². The maximum atomic E-state index is 12.0. The Morgan fingerprint density at radius 3 is 2.61 bits per heavy atom. The van der Waals surface area contributed by atoms with Gasteiger partial charge in [0, 0.05) is 10.9 Å². The summed E-state index contributed by atoms with van der Waals surface area (Å²) in [7, 11) is 1.54. The van der Waals surface area contributed by atoms with Crippen LogP contribution in [0.25, 0.3) is 0 Å². The molecule has 23 heavy (non-hydrogen) atoms. The Kier molecular flexibility index (Phi) is 5.23. The molecule has 0 atom stereocenters. The number of rotatable bonds is 6. The third-order valence-electron chi connectivity index (χ3n) is 3.26. The number of anilines is 1. The molecule has 1 heterocycles. The summed E-state index contributed by atoms with van der Waals surface area (Å²) >= 11 is 1.24. The van der Waals surface area contributed by atoms with Crippen molar-refractivity contribution in [3.8, 4) is 11.5 Å². The van der Waals surface area contributed by atoms with Crippen LogP contribution in [0.2, 0.25) is 0 Å². The minimum Gasteiger partial charge on any atom is -0.497 e.